The van der Waals surface area contributed by atoms with Gasteiger partial charge in [-0.2, -0.15) is 0 Å². The lowest BCUT2D eigenvalue weighted by atomic mass is 10.0. The lowest BCUT2D eigenvalue weighted by Gasteiger charge is -2.37. The lowest BCUT2D eigenvalue weighted by molar-refractivity contribution is -0.262. The van der Waals surface area contributed by atoms with Crippen LogP contribution in [-0.4, -0.2) is 48.7 Å². The van der Waals surface area contributed by atoms with Crippen LogP contribution in [0.1, 0.15) is 20.8 Å². The molecule has 0 spiro atoms. The van der Waals surface area contributed by atoms with E-state index in [-0.39, 0.29) is 18.3 Å². The van der Waals surface area contributed by atoms with Gasteiger partial charge in [0.1, 0.15) is 18.3 Å². The van der Waals surface area contributed by atoms with Crippen LogP contribution in [0.5, 0.6) is 0 Å². The van der Waals surface area contributed by atoms with Gasteiger partial charge in [0.25, 0.3) is 0 Å². The molecule has 0 aliphatic carbocycles. The first-order valence-electron chi connectivity index (χ1n) is 5.16. The lowest BCUT2D eigenvalue weighted by Crippen LogP contribution is -2.55. The summed E-state index contributed by atoms with van der Waals surface area (Å²) in [5, 5.41) is 9.91. The Kier molecular flexibility index (Phi) is 2.77. The second kappa shape index (κ2) is 3.68. The number of aliphatic hydroxyl groups excluding tert-OH is 1. The number of rotatable bonds is 1. The molecular weight excluding hydrogens is 200 g/mol. The van der Waals surface area contributed by atoms with Gasteiger partial charge in [0.05, 0.1) is 6.10 Å². The fourth-order valence-electron chi connectivity index (χ4n) is 2.12. The van der Waals surface area contributed by atoms with Gasteiger partial charge in [0.2, 0.25) is 0 Å². The fourth-order valence-corrected chi connectivity index (χ4v) is 2.12. The molecule has 0 amide bonds. The van der Waals surface area contributed by atoms with Gasteiger partial charge in [-0.15, -0.1) is 0 Å². The Balaban J connectivity index is 2.18. The fraction of sp³-hybridized carbons (Fsp3) is 1.00. The van der Waals surface area contributed by atoms with Crippen LogP contribution in [0, 0.1) is 0 Å². The zero-order valence-corrected chi connectivity index (χ0v) is 9.47. The van der Waals surface area contributed by atoms with Gasteiger partial charge in [-0.3, -0.25) is 0 Å². The summed E-state index contributed by atoms with van der Waals surface area (Å²) < 4.78 is 21.9. The molecule has 0 bridgehead atoms. The SMILES string of the molecule is CO[C@@H]1O[C@@H](C)[C@H](O)[C@H]2OC(C)(C)O[C@@H]12. The molecule has 5 nitrogen and oxygen atoms in total. The van der Waals surface area contributed by atoms with E-state index >= 15 is 0 Å². The summed E-state index contributed by atoms with van der Waals surface area (Å²) in [6, 6.07) is 0. The van der Waals surface area contributed by atoms with Crippen molar-refractivity contribution in [1.82, 2.24) is 0 Å². The van der Waals surface area contributed by atoms with Gasteiger partial charge >= 0.3 is 0 Å². The third-order valence-electron chi connectivity index (χ3n) is 2.83. The molecule has 2 aliphatic heterocycles. The van der Waals surface area contributed by atoms with Crippen LogP contribution in [-0.2, 0) is 18.9 Å². The molecule has 2 rings (SSSR count). The van der Waals surface area contributed by atoms with E-state index in [2.05, 4.69) is 0 Å². The van der Waals surface area contributed by atoms with Crippen molar-refractivity contribution < 1.29 is 24.1 Å². The Bertz CT molecular complexity index is 234. The van der Waals surface area contributed by atoms with Crippen LogP contribution in [0.15, 0.2) is 0 Å². The molecule has 0 unspecified atom stereocenters. The van der Waals surface area contributed by atoms with E-state index in [1.165, 1.54) is 0 Å². The molecule has 2 saturated heterocycles. The van der Waals surface area contributed by atoms with E-state index < -0.39 is 18.2 Å². The quantitative estimate of drug-likeness (QED) is 0.684. The van der Waals surface area contributed by atoms with E-state index in [9.17, 15) is 5.11 Å². The van der Waals surface area contributed by atoms with Gasteiger partial charge in [-0.25, -0.2) is 0 Å². The number of hydrogen-bond donors (Lipinski definition) is 1. The molecule has 0 aromatic heterocycles. The van der Waals surface area contributed by atoms with Gasteiger partial charge < -0.3 is 24.1 Å². The first-order chi connectivity index (χ1) is 6.94. The normalized spacial score (nSPS) is 49.0. The summed E-state index contributed by atoms with van der Waals surface area (Å²) >= 11 is 0. The second-order valence-corrected chi connectivity index (χ2v) is 4.50. The highest BCUT2D eigenvalue weighted by atomic mass is 16.8. The van der Waals surface area contributed by atoms with Gasteiger partial charge in [-0.1, -0.05) is 0 Å². The minimum atomic E-state index is -0.694. The molecule has 1 N–H and O–H groups in total. The molecule has 2 aliphatic rings. The van der Waals surface area contributed by atoms with Crippen molar-refractivity contribution in [3.05, 3.63) is 0 Å². The molecule has 5 heteroatoms. The monoisotopic (exact) mass is 218 g/mol. The van der Waals surface area contributed by atoms with Crippen molar-refractivity contribution in [3.8, 4) is 0 Å². The number of fused-ring (bicyclic) bond motifs is 1. The average molecular weight is 218 g/mol. The van der Waals surface area contributed by atoms with Crippen molar-refractivity contribution in [2.24, 2.45) is 0 Å². The predicted octanol–water partition coefficient (Wildman–Crippen LogP) is 0.259. The summed E-state index contributed by atoms with van der Waals surface area (Å²) in [5.41, 5.74) is 0. The summed E-state index contributed by atoms with van der Waals surface area (Å²) in [7, 11) is 1.56. The Morgan fingerprint density at radius 2 is 1.80 bits per heavy atom. The van der Waals surface area contributed by atoms with Crippen molar-refractivity contribution in [2.75, 3.05) is 7.11 Å². The van der Waals surface area contributed by atoms with E-state index in [4.69, 9.17) is 18.9 Å². The first-order valence-corrected chi connectivity index (χ1v) is 5.16. The van der Waals surface area contributed by atoms with Crippen LogP contribution in [0.4, 0.5) is 0 Å². The standard InChI is InChI=1S/C10H18O5/c1-5-6(11)7-8(9(12-4)13-5)15-10(2,3)14-7/h5-9,11H,1-4H3/t5-,6-,7+,8+,9+/m0/s1. The first kappa shape index (κ1) is 11.3. The number of aliphatic hydroxyl groups is 1. The highest BCUT2D eigenvalue weighted by Gasteiger charge is 2.54. The van der Waals surface area contributed by atoms with Gasteiger partial charge in [-0.05, 0) is 20.8 Å². The molecule has 2 fully saturated rings. The number of hydrogen-bond acceptors (Lipinski definition) is 5. The van der Waals surface area contributed by atoms with Crippen LogP contribution in [0.25, 0.3) is 0 Å². The summed E-state index contributed by atoms with van der Waals surface area (Å²) in [5.74, 6) is -0.694. The van der Waals surface area contributed by atoms with Crippen molar-refractivity contribution >= 4 is 0 Å². The zero-order valence-electron chi connectivity index (χ0n) is 9.47. The second-order valence-electron chi connectivity index (χ2n) is 4.50. The summed E-state index contributed by atoms with van der Waals surface area (Å²) in [6.07, 6.45) is -2.21. The molecule has 0 saturated carbocycles. The highest BCUT2D eigenvalue weighted by molar-refractivity contribution is 4.94. The van der Waals surface area contributed by atoms with Crippen molar-refractivity contribution in [1.29, 1.82) is 0 Å². The van der Waals surface area contributed by atoms with Gasteiger partial charge in [0, 0.05) is 7.11 Å². The minimum absolute atomic E-state index is 0.311. The summed E-state index contributed by atoms with van der Waals surface area (Å²) in [6.45, 7) is 5.42. The van der Waals surface area contributed by atoms with Crippen LogP contribution < -0.4 is 0 Å². The third kappa shape index (κ3) is 1.90. The Labute approximate surface area is 89.3 Å². The number of methoxy groups -OCH3 is 1. The average Bonchev–Trinajstić information content (AvgIpc) is 2.48. The van der Waals surface area contributed by atoms with Crippen LogP contribution in [0.2, 0.25) is 0 Å². The molecule has 2 heterocycles. The van der Waals surface area contributed by atoms with Gasteiger partial charge in [0.15, 0.2) is 12.1 Å². The maximum Gasteiger partial charge on any atom is 0.186 e. The molecule has 15 heavy (non-hydrogen) atoms. The largest absolute Gasteiger partial charge is 0.388 e. The molecule has 0 aromatic carbocycles. The Morgan fingerprint density at radius 1 is 1.20 bits per heavy atom. The third-order valence-corrected chi connectivity index (χ3v) is 2.83. The molecule has 88 valence electrons. The Morgan fingerprint density at radius 3 is 2.40 bits per heavy atom. The maximum atomic E-state index is 9.91. The molecule has 0 radical (unpaired) electrons. The van der Waals surface area contributed by atoms with Crippen molar-refractivity contribution in [3.63, 3.8) is 0 Å². The van der Waals surface area contributed by atoms with Crippen LogP contribution >= 0.6 is 0 Å². The highest BCUT2D eigenvalue weighted by Crippen LogP contribution is 2.37. The topological polar surface area (TPSA) is 57.2 Å². The number of ether oxygens (including phenoxy) is 4. The maximum absolute atomic E-state index is 9.91. The molecular formula is C10H18O5. The van der Waals surface area contributed by atoms with E-state index in [1.807, 2.05) is 13.8 Å². The zero-order chi connectivity index (χ0) is 11.2. The summed E-state index contributed by atoms with van der Waals surface area (Å²) in [4.78, 5) is 0. The molecule has 5 atom stereocenters. The van der Waals surface area contributed by atoms with Crippen molar-refractivity contribution in [2.45, 2.75) is 57.3 Å². The van der Waals surface area contributed by atoms with E-state index in [0.717, 1.165) is 0 Å². The Hall–Kier alpha value is -0.200. The van der Waals surface area contributed by atoms with Crippen LogP contribution in [0.3, 0.4) is 0 Å². The smallest absolute Gasteiger partial charge is 0.186 e. The minimum Gasteiger partial charge on any atom is -0.388 e. The van der Waals surface area contributed by atoms with E-state index in [1.54, 1.807) is 14.0 Å². The van der Waals surface area contributed by atoms with E-state index in [0.29, 0.717) is 0 Å². The molecule has 0 aromatic rings. The predicted molar refractivity (Wildman–Crippen MR) is 51.2 cm³/mol.